The molecular formula is C8H16N2O3. The van der Waals surface area contributed by atoms with Crippen LogP contribution in [-0.4, -0.2) is 54.4 Å². The van der Waals surface area contributed by atoms with E-state index in [-0.39, 0.29) is 12.6 Å². The SMILES string of the molecule is C[C@@H](N)CN1CCOCC1C(=O)O. The summed E-state index contributed by atoms with van der Waals surface area (Å²) in [5.74, 6) is -0.833. The van der Waals surface area contributed by atoms with Gasteiger partial charge in [-0.15, -0.1) is 0 Å². The van der Waals surface area contributed by atoms with E-state index < -0.39 is 12.0 Å². The number of carboxylic acids is 1. The largest absolute Gasteiger partial charge is 0.480 e. The van der Waals surface area contributed by atoms with Gasteiger partial charge in [0, 0.05) is 19.1 Å². The summed E-state index contributed by atoms with van der Waals surface area (Å²) in [6, 6.07) is -0.528. The summed E-state index contributed by atoms with van der Waals surface area (Å²) in [5, 5.41) is 8.86. The Balaban J connectivity index is 2.51. The van der Waals surface area contributed by atoms with Gasteiger partial charge < -0.3 is 15.6 Å². The van der Waals surface area contributed by atoms with Crippen molar-refractivity contribution in [1.29, 1.82) is 0 Å². The van der Waals surface area contributed by atoms with E-state index in [1.54, 1.807) is 0 Å². The molecule has 1 rings (SSSR count). The first-order valence-corrected chi connectivity index (χ1v) is 4.41. The maximum absolute atomic E-state index is 10.8. The number of hydrogen-bond acceptors (Lipinski definition) is 4. The van der Waals surface area contributed by atoms with E-state index >= 15 is 0 Å². The molecule has 0 saturated carbocycles. The number of rotatable bonds is 3. The summed E-state index contributed by atoms with van der Waals surface area (Å²) < 4.78 is 5.09. The predicted octanol–water partition coefficient (Wildman–Crippen LogP) is -0.881. The first-order chi connectivity index (χ1) is 6.11. The van der Waals surface area contributed by atoms with E-state index in [0.717, 1.165) is 0 Å². The van der Waals surface area contributed by atoms with Crippen LogP contribution in [0.3, 0.4) is 0 Å². The zero-order chi connectivity index (χ0) is 9.84. The lowest BCUT2D eigenvalue weighted by molar-refractivity contribution is -0.149. The van der Waals surface area contributed by atoms with Crippen LogP contribution in [0, 0.1) is 0 Å². The van der Waals surface area contributed by atoms with Gasteiger partial charge in [0.15, 0.2) is 0 Å². The number of nitrogens with zero attached hydrogens (tertiary/aromatic N) is 1. The van der Waals surface area contributed by atoms with Gasteiger partial charge in [-0.1, -0.05) is 0 Å². The highest BCUT2D eigenvalue weighted by Gasteiger charge is 2.29. The summed E-state index contributed by atoms with van der Waals surface area (Å²) in [4.78, 5) is 12.6. The Hall–Kier alpha value is -0.650. The van der Waals surface area contributed by atoms with Gasteiger partial charge in [0.2, 0.25) is 0 Å². The molecule has 1 heterocycles. The van der Waals surface area contributed by atoms with Crippen LogP contribution < -0.4 is 5.73 Å². The molecule has 0 aromatic heterocycles. The fourth-order valence-electron chi connectivity index (χ4n) is 1.45. The van der Waals surface area contributed by atoms with Gasteiger partial charge in [0.05, 0.1) is 13.2 Å². The topological polar surface area (TPSA) is 75.8 Å². The van der Waals surface area contributed by atoms with Crippen LogP contribution in [0.25, 0.3) is 0 Å². The summed E-state index contributed by atoms with van der Waals surface area (Å²) in [6.07, 6.45) is 0. The Morgan fingerprint density at radius 3 is 3.08 bits per heavy atom. The molecule has 2 atom stereocenters. The van der Waals surface area contributed by atoms with Gasteiger partial charge in [0.1, 0.15) is 6.04 Å². The lowest BCUT2D eigenvalue weighted by Crippen LogP contribution is -2.53. The Morgan fingerprint density at radius 2 is 2.54 bits per heavy atom. The van der Waals surface area contributed by atoms with Crippen LogP contribution in [0.5, 0.6) is 0 Å². The van der Waals surface area contributed by atoms with E-state index in [1.165, 1.54) is 0 Å². The minimum absolute atomic E-state index is 0.0000463. The number of morpholine rings is 1. The maximum atomic E-state index is 10.8. The standard InChI is InChI=1S/C8H16N2O3/c1-6(9)4-10-2-3-13-5-7(10)8(11)12/h6-7H,2-5,9H2,1H3,(H,11,12)/t6-,7?/m1/s1. The van der Waals surface area contributed by atoms with Gasteiger partial charge >= 0.3 is 5.97 Å². The number of hydrogen-bond donors (Lipinski definition) is 2. The Labute approximate surface area is 77.5 Å². The van der Waals surface area contributed by atoms with Crippen LogP contribution in [0.1, 0.15) is 6.92 Å². The van der Waals surface area contributed by atoms with Gasteiger partial charge in [-0.3, -0.25) is 9.69 Å². The monoisotopic (exact) mass is 188 g/mol. The highest BCUT2D eigenvalue weighted by atomic mass is 16.5. The molecule has 5 heteroatoms. The maximum Gasteiger partial charge on any atom is 0.323 e. The van der Waals surface area contributed by atoms with Crippen molar-refractivity contribution in [2.75, 3.05) is 26.3 Å². The molecule has 5 nitrogen and oxygen atoms in total. The number of carboxylic acid groups (broad SMARTS) is 1. The Kier molecular flexibility index (Phi) is 3.65. The molecule has 0 bridgehead atoms. The average Bonchev–Trinajstić information content (AvgIpc) is 2.03. The van der Waals surface area contributed by atoms with Gasteiger partial charge in [-0.2, -0.15) is 0 Å². The number of aliphatic carboxylic acids is 1. The van der Waals surface area contributed by atoms with Crippen molar-refractivity contribution in [3.8, 4) is 0 Å². The number of carbonyl (C=O) groups is 1. The zero-order valence-electron chi connectivity index (χ0n) is 7.77. The van der Waals surface area contributed by atoms with Gasteiger partial charge in [-0.25, -0.2) is 0 Å². The summed E-state index contributed by atoms with van der Waals surface area (Å²) in [5.41, 5.74) is 5.61. The van der Waals surface area contributed by atoms with Crippen LogP contribution in [-0.2, 0) is 9.53 Å². The van der Waals surface area contributed by atoms with Gasteiger partial charge in [-0.05, 0) is 6.92 Å². The minimum Gasteiger partial charge on any atom is -0.480 e. The van der Waals surface area contributed by atoms with Crippen molar-refractivity contribution < 1.29 is 14.6 Å². The average molecular weight is 188 g/mol. The molecule has 0 radical (unpaired) electrons. The summed E-state index contributed by atoms with van der Waals surface area (Å²) in [6.45, 7) is 3.99. The second-order valence-electron chi connectivity index (χ2n) is 3.40. The molecule has 0 aromatic carbocycles. The number of ether oxygens (including phenoxy) is 1. The fourth-order valence-corrected chi connectivity index (χ4v) is 1.45. The zero-order valence-corrected chi connectivity index (χ0v) is 7.77. The summed E-state index contributed by atoms with van der Waals surface area (Å²) in [7, 11) is 0. The van der Waals surface area contributed by atoms with E-state index in [1.807, 2.05) is 11.8 Å². The van der Waals surface area contributed by atoms with Crippen molar-refractivity contribution in [2.45, 2.75) is 19.0 Å². The molecule has 1 saturated heterocycles. The molecule has 1 aliphatic heterocycles. The third kappa shape index (κ3) is 2.95. The van der Waals surface area contributed by atoms with Crippen molar-refractivity contribution in [3.05, 3.63) is 0 Å². The van der Waals surface area contributed by atoms with Crippen LogP contribution in [0.4, 0.5) is 0 Å². The highest BCUT2D eigenvalue weighted by molar-refractivity contribution is 5.73. The van der Waals surface area contributed by atoms with E-state index in [2.05, 4.69) is 0 Å². The molecule has 1 unspecified atom stereocenters. The van der Waals surface area contributed by atoms with Crippen molar-refractivity contribution in [3.63, 3.8) is 0 Å². The molecule has 0 aromatic rings. The molecule has 0 amide bonds. The van der Waals surface area contributed by atoms with Crippen molar-refractivity contribution in [1.82, 2.24) is 4.90 Å². The Morgan fingerprint density at radius 1 is 1.85 bits per heavy atom. The second-order valence-corrected chi connectivity index (χ2v) is 3.40. The smallest absolute Gasteiger partial charge is 0.323 e. The molecule has 1 fully saturated rings. The molecule has 1 aliphatic rings. The van der Waals surface area contributed by atoms with Crippen LogP contribution in [0.15, 0.2) is 0 Å². The van der Waals surface area contributed by atoms with E-state index in [4.69, 9.17) is 15.6 Å². The number of nitrogens with two attached hydrogens (primary N) is 1. The van der Waals surface area contributed by atoms with Gasteiger partial charge in [0.25, 0.3) is 0 Å². The normalized spacial score (nSPS) is 27.1. The van der Waals surface area contributed by atoms with E-state index in [9.17, 15) is 4.79 Å². The predicted molar refractivity (Wildman–Crippen MR) is 47.5 cm³/mol. The fraction of sp³-hybridized carbons (Fsp3) is 0.875. The highest BCUT2D eigenvalue weighted by Crippen LogP contribution is 2.07. The molecule has 76 valence electrons. The van der Waals surface area contributed by atoms with Crippen molar-refractivity contribution >= 4 is 5.97 Å². The summed E-state index contributed by atoms with van der Waals surface area (Å²) >= 11 is 0. The second kappa shape index (κ2) is 4.55. The quantitative estimate of drug-likeness (QED) is 0.601. The lowest BCUT2D eigenvalue weighted by Gasteiger charge is -2.33. The Bertz CT molecular complexity index is 184. The first kappa shape index (κ1) is 10.4. The molecule has 0 spiro atoms. The van der Waals surface area contributed by atoms with Crippen LogP contribution in [0.2, 0.25) is 0 Å². The first-order valence-electron chi connectivity index (χ1n) is 4.41. The third-order valence-corrected chi connectivity index (χ3v) is 2.05. The molecule has 0 aliphatic carbocycles. The third-order valence-electron chi connectivity index (χ3n) is 2.05. The molecule has 13 heavy (non-hydrogen) atoms. The lowest BCUT2D eigenvalue weighted by atomic mass is 10.2. The molecule has 3 N–H and O–H groups in total. The minimum atomic E-state index is -0.833. The van der Waals surface area contributed by atoms with Crippen LogP contribution >= 0.6 is 0 Å². The molecular weight excluding hydrogens is 172 g/mol. The van der Waals surface area contributed by atoms with E-state index in [0.29, 0.717) is 19.7 Å². The van der Waals surface area contributed by atoms with Crippen molar-refractivity contribution in [2.24, 2.45) is 5.73 Å².